The lowest BCUT2D eigenvalue weighted by molar-refractivity contribution is 0.0600. The molecule has 2 aromatic rings. The van der Waals surface area contributed by atoms with E-state index in [1.165, 1.54) is 14.2 Å². The zero-order chi connectivity index (χ0) is 15.2. The van der Waals surface area contributed by atoms with Gasteiger partial charge in [0, 0.05) is 0 Å². The van der Waals surface area contributed by atoms with Crippen molar-refractivity contribution in [3.63, 3.8) is 0 Å². The van der Waals surface area contributed by atoms with Crippen molar-refractivity contribution in [2.75, 3.05) is 14.2 Å². The summed E-state index contributed by atoms with van der Waals surface area (Å²) in [5.41, 5.74) is 0.842. The zero-order valence-corrected chi connectivity index (χ0v) is 11.7. The van der Waals surface area contributed by atoms with E-state index in [4.69, 9.17) is 9.47 Å². The number of methoxy groups -OCH3 is 2. The van der Waals surface area contributed by atoms with Crippen LogP contribution in [0.5, 0.6) is 17.2 Å². The minimum atomic E-state index is -0.408. The minimum Gasteiger partial charge on any atom is -0.496 e. The summed E-state index contributed by atoms with van der Waals surface area (Å²) in [6.45, 7) is 0. The van der Waals surface area contributed by atoms with E-state index in [-0.39, 0.29) is 0 Å². The minimum absolute atomic E-state index is 0.404. The second-order valence-electron chi connectivity index (χ2n) is 4.14. The summed E-state index contributed by atoms with van der Waals surface area (Å²) in [5.74, 6) is 1.13. The Hall–Kier alpha value is -2.82. The number of carbonyl (C=O) groups excluding carboxylic acids is 2. The first-order valence-corrected chi connectivity index (χ1v) is 6.17. The van der Waals surface area contributed by atoms with Crippen molar-refractivity contribution in [3.8, 4) is 17.2 Å². The Kier molecular flexibility index (Phi) is 4.56. The van der Waals surface area contributed by atoms with Gasteiger partial charge < -0.3 is 14.2 Å². The molecule has 0 heterocycles. The SMILES string of the molecule is COC(=O)c1ccc(Oc2ccc(OC)c(C=O)c2)cc1. The van der Waals surface area contributed by atoms with Crippen LogP contribution in [0.25, 0.3) is 0 Å². The van der Waals surface area contributed by atoms with E-state index in [2.05, 4.69) is 4.74 Å². The molecule has 0 aliphatic heterocycles. The largest absolute Gasteiger partial charge is 0.496 e. The van der Waals surface area contributed by atoms with Crippen molar-refractivity contribution in [2.24, 2.45) is 0 Å². The molecule has 21 heavy (non-hydrogen) atoms. The number of carbonyl (C=O) groups is 2. The second kappa shape index (κ2) is 6.56. The van der Waals surface area contributed by atoms with Crippen LogP contribution < -0.4 is 9.47 Å². The third-order valence-electron chi connectivity index (χ3n) is 2.84. The van der Waals surface area contributed by atoms with Crippen LogP contribution in [0.3, 0.4) is 0 Å². The highest BCUT2D eigenvalue weighted by Crippen LogP contribution is 2.27. The summed E-state index contributed by atoms with van der Waals surface area (Å²) in [5, 5.41) is 0. The van der Waals surface area contributed by atoms with Gasteiger partial charge in [0.1, 0.15) is 17.2 Å². The van der Waals surface area contributed by atoms with Crippen molar-refractivity contribution in [1.82, 2.24) is 0 Å². The molecule has 0 amide bonds. The molecule has 0 atom stereocenters. The average molecular weight is 286 g/mol. The zero-order valence-electron chi connectivity index (χ0n) is 11.7. The first kappa shape index (κ1) is 14.6. The first-order chi connectivity index (χ1) is 10.2. The number of rotatable bonds is 5. The summed E-state index contributed by atoms with van der Waals surface area (Å²) < 4.78 is 15.3. The van der Waals surface area contributed by atoms with Crippen molar-refractivity contribution >= 4 is 12.3 Å². The van der Waals surface area contributed by atoms with E-state index >= 15 is 0 Å². The van der Waals surface area contributed by atoms with E-state index in [0.29, 0.717) is 34.7 Å². The predicted octanol–water partition coefficient (Wildman–Crippen LogP) is 3.09. The Morgan fingerprint density at radius 1 is 1.00 bits per heavy atom. The van der Waals surface area contributed by atoms with Crippen LogP contribution in [-0.2, 0) is 4.74 Å². The number of hydrogen-bond acceptors (Lipinski definition) is 5. The molecule has 0 radical (unpaired) electrons. The predicted molar refractivity (Wildman–Crippen MR) is 76.2 cm³/mol. The fourth-order valence-electron chi connectivity index (χ4n) is 1.78. The molecule has 108 valence electrons. The molecule has 2 aromatic carbocycles. The van der Waals surface area contributed by atoms with Crippen molar-refractivity contribution in [1.29, 1.82) is 0 Å². The van der Waals surface area contributed by atoms with Gasteiger partial charge in [-0.05, 0) is 42.5 Å². The molecular formula is C16H14O5. The van der Waals surface area contributed by atoms with Gasteiger partial charge in [-0.1, -0.05) is 0 Å². The molecule has 0 bridgehead atoms. The molecule has 0 unspecified atom stereocenters. The summed E-state index contributed by atoms with van der Waals surface area (Å²) in [7, 11) is 2.82. The summed E-state index contributed by atoms with van der Waals surface area (Å²) in [6.07, 6.45) is 0.700. The van der Waals surface area contributed by atoms with Gasteiger partial charge in [0.2, 0.25) is 0 Å². The van der Waals surface area contributed by atoms with Gasteiger partial charge in [0.25, 0.3) is 0 Å². The molecule has 5 heteroatoms. The number of ether oxygens (including phenoxy) is 3. The van der Waals surface area contributed by atoms with Gasteiger partial charge >= 0.3 is 5.97 Å². The van der Waals surface area contributed by atoms with Crippen molar-refractivity contribution in [2.45, 2.75) is 0 Å². The third-order valence-corrected chi connectivity index (χ3v) is 2.84. The maximum atomic E-state index is 11.3. The third kappa shape index (κ3) is 3.39. The highest BCUT2D eigenvalue weighted by Gasteiger charge is 2.07. The molecule has 0 aliphatic rings. The monoisotopic (exact) mass is 286 g/mol. The topological polar surface area (TPSA) is 61.8 Å². The Balaban J connectivity index is 2.18. The Bertz CT molecular complexity index is 646. The molecule has 0 aromatic heterocycles. The highest BCUT2D eigenvalue weighted by molar-refractivity contribution is 5.89. The van der Waals surface area contributed by atoms with E-state index in [1.807, 2.05) is 0 Å². The molecule has 0 saturated carbocycles. The lowest BCUT2D eigenvalue weighted by atomic mass is 10.2. The molecule has 0 aliphatic carbocycles. The quantitative estimate of drug-likeness (QED) is 0.624. The van der Waals surface area contributed by atoms with Crippen LogP contribution in [0.1, 0.15) is 20.7 Å². The van der Waals surface area contributed by atoms with Crippen LogP contribution in [0.2, 0.25) is 0 Å². The van der Waals surface area contributed by atoms with Crippen LogP contribution in [0.4, 0.5) is 0 Å². The number of esters is 1. The van der Waals surface area contributed by atoms with Crippen LogP contribution >= 0.6 is 0 Å². The summed E-state index contributed by atoms with van der Waals surface area (Å²) in [6, 6.07) is 11.4. The highest BCUT2D eigenvalue weighted by atomic mass is 16.5. The number of benzene rings is 2. The van der Waals surface area contributed by atoms with Crippen molar-refractivity contribution < 1.29 is 23.8 Å². The maximum absolute atomic E-state index is 11.3. The van der Waals surface area contributed by atoms with Gasteiger partial charge in [-0.2, -0.15) is 0 Å². The first-order valence-electron chi connectivity index (χ1n) is 6.17. The summed E-state index contributed by atoms with van der Waals surface area (Å²) in [4.78, 5) is 22.3. The fraction of sp³-hybridized carbons (Fsp3) is 0.125. The Morgan fingerprint density at radius 2 is 1.67 bits per heavy atom. The van der Waals surface area contributed by atoms with Crippen LogP contribution in [0.15, 0.2) is 42.5 Å². The molecule has 0 spiro atoms. The van der Waals surface area contributed by atoms with E-state index < -0.39 is 5.97 Å². The van der Waals surface area contributed by atoms with Gasteiger partial charge in [-0.15, -0.1) is 0 Å². The number of hydrogen-bond donors (Lipinski definition) is 0. The fourth-order valence-corrected chi connectivity index (χ4v) is 1.78. The van der Waals surface area contributed by atoms with Gasteiger partial charge in [0.05, 0.1) is 25.3 Å². The molecule has 5 nitrogen and oxygen atoms in total. The normalized spacial score (nSPS) is 9.81. The van der Waals surface area contributed by atoms with E-state index in [9.17, 15) is 9.59 Å². The summed E-state index contributed by atoms with van der Waals surface area (Å²) >= 11 is 0. The second-order valence-corrected chi connectivity index (χ2v) is 4.14. The Morgan fingerprint density at radius 3 is 2.24 bits per heavy atom. The van der Waals surface area contributed by atoms with E-state index in [0.717, 1.165) is 0 Å². The molecule has 0 N–H and O–H groups in total. The van der Waals surface area contributed by atoms with Gasteiger partial charge in [-0.3, -0.25) is 4.79 Å². The standard InChI is InChI=1S/C16H14O5/c1-19-15-8-7-14(9-12(15)10-17)21-13-5-3-11(4-6-13)16(18)20-2/h3-10H,1-2H3. The van der Waals surface area contributed by atoms with Gasteiger partial charge in [0.15, 0.2) is 6.29 Å². The molecule has 0 fully saturated rings. The lowest BCUT2D eigenvalue weighted by Gasteiger charge is -2.09. The van der Waals surface area contributed by atoms with Crippen LogP contribution in [0, 0.1) is 0 Å². The molecule has 0 saturated heterocycles. The molecular weight excluding hydrogens is 272 g/mol. The van der Waals surface area contributed by atoms with Gasteiger partial charge in [-0.25, -0.2) is 4.79 Å². The average Bonchev–Trinajstić information content (AvgIpc) is 2.54. The maximum Gasteiger partial charge on any atom is 0.337 e. The Labute approximate surface area is 122 Å². The van der Waals surface area contributed by atoms with Crippen molar-refractivity contribution in [3.05, 3.63) is 53.6 Å². The lowest BCUT2D eigenvalue weighted by Crippen LogP contribution is -2.00. The van der Waals surface area contributed by atoms with Crippen LogP contribution in [-0.4, -0.2) is 26.5 Å². The molecule has 2 rings (SSSR count). The van der Waals surface area contributed by atoms with E-state index in [1.54, 1.807) is 42.5 Å². The number of aldehydes is 1. The smallest absolute Gasteiger partial charge is 0.337 e.